The number of hydrogen-bond donors (Lipinski definition) is 5. The molecule has 8 nitrogen and oxygen atoms in total. The molecule has 2 aromatic carbocycles. The summed E-state index contributed by atoms with van der Waals surface area (Å²) in [6.07, 6.45) is 2.58. The Balaban J connectivity index is 1.22. The lowest BCUT2D eigenvalue weighted by Crippen LogP contribution is -2.50. The van der Waals surface area contributed by atoms with Gasteiger partial charge in [-0.25, -0.2) is 10.9 Å². The highest BCUT2D eigenvalue weighted by molar-refractivity contribution is 7.09. The molecule has 0 radical (unpaired) electrons. The third kappa shape index (κ3) is 6.50. The van der Waals surface area contributed by atoms with Crippen LogP contribution >= 0.6 is 11.3 Å². The van der Waals surface area contributed by atoms with Crippen LogP contribution in [0.15, 0.2) is 72.1 Å². The average Bonchev–Trinajstić information content (AvgIpc) is 3.56. The Hall–Kier alpha value is -3.53. The quantitative estimate of drug-likeness (QED) is 0.320. The van der Waals surface area contributed by atoms with E-state index in [-0.39, 0.29) is 17.9 Å². The first kappa shape index (κ1) is 23.6. The Bertz CT molecular complexity index is 1120. The normalized spacial score (nSPS) is 17.2. The predicted octanol–water partition coefficient (Wildman–Crippen LogP) is 3.08. The van der Waals surface area contributed by atoms with Crippen molar-refractivity contribution in [3.8, 4) is 0 Å². The summed E-state index contributed by atoms with van der Waals surface area (Å²) in [4.78, 5) is 38.5. The van der Waals surface area contributed by atoms with Gasteiger partial charge in [-0.3, -0.25) is 25.2 Å². The molecule has 9 heteroatoms. The van der Waals surface area contributed by atoms with Gasteiger partial charge >= 0.3 is 0 Å². The van der Waals surface area contributed by atoms with Crippen LogP contribution in [0, 0.1) is 0 Å². The molecular formula is C25H27N5O3S. The van der Waals surface area contributed by atoms with Gasteiger partial charge in [0.15, 0.2) is 0 Å². The van der Waals surface area contributed by atoms with Gasteiger partial charge in [0, 0.05) is 28.6 Å². The van der Waals surface area contributed by atoms with Gasteiger partial charge in [-0.05, 0) is 54.5 Å². The van der Waals surface area contributed by atoms with Gasteiger partial charge in [-0.15, -0.1) is 11.3 Å². The van der Waals surface area contributed by atoms with Crippen molar-refractivity contribution in [1.82, 2.24) is 21.7 Å². The average molecular weight is 478 g/mol. The van der Waals surface area contributed by atoms with Crippen LogP contribution in [0.5, 0.6) is 0 Å². The lowest BCUT2D eigenvalue weighted by atomic mass is 10.0. The Labute approximate surface area is 202 Å². The van der Waals surface area contributed by atoms with Gasteiger partial charge in [-0.2, -0.15) is 0 Å². The van der Waals surface area contributed by atoms with Crippen molar-refractivity contribution in [3.63, 3.8) is 0 Å². The molecule has 4 rings (SSSR count). The zero-order chi connectivity index (χ0) is 23.8. The second kappa shape index (κ2) is 11.6. The SMILES string of the molecule is O=C(CCCc1cccs1)Nc1cccc(C(=O)NNC(=O)C2CC(c3ccccc3)NN2)c1. The van der Waals surface area contributed by atoms with Crippen molar-refractivity contribution < 1.29 is 14.4 Å². The minimum absolute atomic E-state index is 0.0123. The number of benzene rings is 2. The standard InChI is InChI=1S/C25H27N5O3S/c31-23(13-5-11-20-12-6-14-34-20)26-19-10-4-9-18(15-19)24(32)29-30-25(33)22-16-21(27-28-22)17-7-2-1-3-8-17/h1-4,6-10,12,14-15,21-22,27-28H,5,11,13,16H2,(H,26,31)(H,29,32)(H,30,33). The lowest BCUT2D eigenvalue weighted by molar-refractivity contribution is -0.123. The Morgan fingerprint density at radius 3 is 2.59 bits per heavy atom. The largest absolute Gasteiger partial charge is 0.326 e. The molecule has 0 saturated carbocycles. The van der Waals surface area contributed by atoms with Gasteiger partial charge in [0.1, 0.15) is 6.04 Å². The van der Waals surface area contributed by atoms with Crippen LogP contribution in [-0.4, -0.2) is 23.8 Å². The van der Waals surface area contributed by atoms with Crippen LogP contribution in [0.4, 0.5) is 5.69 Å². The zero-order valence-corrected chi connectivity index (χ0v) is 19.4. The van der Waals surface area contributed by atoms with E-state index in [0.29, 0.717) is 24.1 Å². The summed E-state index contributed by atoms with van der Waals surface area (Å²) >= 11 is 1.68. The number of hydrogen-bond acceptors (Lipinski definition) is 6. The summed E-state index contributed by atoms with van der Waals surface area (Å²) in [5.74, 6) is -0.905. The molecule has 34 heavy (non-hydrogen) atoms. The second-order valence-electron chi connectivity index (χ2n) is 8.05. The number of carbonyl (C=O) groups is 3. The lowest BCUT2D eigenvalue weighted by Gasteiger charge is -2.12. The molecule has 2 atom stereocenters. The molecule has 1 aromatic heterocycles. The number of nitrogens with one attached hydrogen (secondary N) is 5. The highest BCUT2D eigenvalue weighted by atomic mass is 32.1. The van der Waals surface area contributed by atoms with E-state index in [1.165, 1.54) is 4.88 Å². The van der Waals surface area contributed by atoms with Gasteiger partial charge in [0.05, 0.1) is 0 Å². The van der Waals surface area contributed by atoms with Crippen molar-refractivity contribution in [2.24, 2.45) is 0 Å². The third-order valence-electron chi connectivity index (χ3n) is 5.54. The molecule has 3 aromatic rings. The van der Waals surface area contributed by atoms with Gasteiger partial charge in [0.25, 0.3) is 11.8 Å². The number of rotatable bonds is 8. The molecular weight excluding hydrogens is 450 g/mol. The predicted molar refractivity (Wildman–Crippen MR) is 132 cm³/mol. The van der Waals surface area contributed by atoms with Crippen molar-refractivity contribution in [1.29, 1.82) is 0 Å². The van der Waals surface area contributed by atoms with Crippen LogP contribution in [0.2, 0.25) is 0 Å². The summed E-state index contributed by atoms with van der Waals surface area (Å²) in [6, 6.07) is 20.0. The molecule has 1 aliphatic rings. The minimum atomic E-state index is -0.481. The highest BCUT2D eigenvalue weighted by Crippen LogP contribution is 2.21. The van der Waals surface area contributed by atoms with Crippen molar-refractivity contribution in [3.05, 3.63) is 88.1 Å². The van der Waals surface area contributed by atoms with Crippen molar-refractivity contribution in [2.45, 2.75) is 37.8 Å². The maximum absolute atomic E-state index is 12.5. The molecule has 0 bridgehead atoms. The van der Waals surface area contributed by atoms with E-state index in [1.54, 1.807) is 35.6 Å². The zero-order valence-electron chi connectivity index (χ0n) is 18.5. The molecule has 2 unspecified atom stereocenters. The molecule has 176 valence electrons. The number of amides is 3. The first-order chi connectivity index (χ1) is 16.6. The molecule has 5 N–H and O–H groups in total. The molecule has 1 aliphatic heterocycles. The van der Waals surface area contributed by atoms with Crippen molar-refractivity contribution >= 4 is 34.7 Å². The first-order valence-electron chi connectivity index (χ1n) is 11.2. The summed E-state index contributed by atoms with van der Waals surface area (Å²) in [7, 11) is 0. The van der Waals surface area contributed by atoms with Crippen LogP contribution in [0.3, 0.4) is 0 Å². The van der Waals surface area contributed by atoms with E-state index in [2.05, 4.69) is 33.1 Å². The third-order valence-corrected chi connectivity index (χ3v) is 6.47. The highest BCUT2D eigenvalue weighted by Gasteiger charge is 2.30. The van der Waals surface area contributed by atoms with Gasteiger partial charge in [0.2, 0.25) is 5.91 Å². The summed E-state index contributed by atoms with van der Waals surface area (Å²) in [5.41, 5.74) is 12.9. The number of anilines is 1. The minimum Gasteiger partial charge on any atom is -0.326 e. The molecule has 0 spiro atoms. The molecule has 2 heterocycles. The monoisotopic (exact) mass is 477 g/mol. The molecule has 3 amide bonds. The topological polar surface area (TPSA) is 111 Å². The van der Waals surface area contributed by atoms with Crippen LogP contribution in [0.25, 0.3) is 0 Å². The summed E-state index contributed by atoms with van der Waals surface area (Å²) in [5, 5.41) is 4.85. The Morgan fingerprint density at radius 2 is 1.79 bits per heavy atom. The number of hydrazine groups is 2. The van der Waals surface area contributed by atoms with Crippen LogP contribution in [0.1, 0.15) is 46.1 Å². The van der Waals surface area contributed by atoms with Crippen molar-refractivity contribution in [2.75, 3.05) is 5.32 Å². The summed E-state index contributed by atoms with van der Waals surface area (Å²) < 4.78 is 0. The van der Waals surface area contributed by atoms with E-state index in [1.807, 2.05) is 41.8 Å². The van der Waals surface area contributed by atoms with Gasteiger partial charge in [-0.1, -0.05) is 42.5 Å². The Kier molecular flexibility index (Phi) is 8.03. The Morgan fingerprint density at radius 1 is 0.941 bits per heavy atom. The van der Waals surface area contributed by atoms with E-state index in [0.717, 1.165) is 18.4 Å². The van der Waals surface area contributed by atoms with Gasteiger partial charge < -0.3 is 5.32 Å². The molecule has 0 aliphatic carbocycles. The van der Waals surface area contributed by atoms with E-state index in [4.69, 9.17) is 0 Å². The second-order valence-corrected chi connectivity index (χ2v) is 9.08. The van der Waals surface area contributed by atoms with Crippen LogP contribution in [-0.2, 0) is 16.0 Å². The number of carbonyl (C=O) groups excluding carboxylic acids is 3. The molecule has 1 saturated heterocycles. The van der Waals surface area contributed by atoms with E-state index >= 15 is 0 Å². The maximum Gasteiger partial charge on any atom is 0.269 e. The first-order valence-corrected chi connectivity index (χ1v) is 12.0. The number of aryl methyl sites for hydroxylation is 1. The fourth-order valence-corrected chi connectivity index (χ4v) is 4.50. The van der Waals surface area contributed by atoms with Crippen LogP contribution < -0.4 is 27.0 Å². The smallest absolute Gasteiger partial charge is 0.269 e. The fourth-order valence-electron chi connectivity index (χ4n) is 3.75. The molecule has 1 fully saturated rings. The fraction of sp³-hybridized carbons (Fsp3) is 0.240. The van der Waals surface area contributed by atoms with E-state index in [9.17, 15) is 14.4 Å². The number of thiophene rings is 1. The maximum atomic E-state index is 12.5. The summed E-state index contributed by atoms with van der Waals surface area (Å²) in [6.45, 7) is 0. The van der Waals surface area contributed by atoms with E-state index < -0.39 is 11.9 Å².